The molecule has 2 aromatic rings. The number of rotatable bonds is 4. The smallest absolute Gasteiger partial charge is 0.257 e. The van der Waals surface area contributed by atoms with Crippen LogP contribution in [0.1, 0.15) is 36.0 Å². The van der Waals surface area contributed by atoms with E-state index in [2.05, 4.69) is 10.2 Å². The molecule has 1 aliphatic heterocycles. The van der Waals surface area contributed by atoms with E-state index >= 15 is 0 Å². The van der Waals surface area contributed by atoms with Crippen molar-refractivity contribution >= 4 is 32.8 Å². The van der Waals surface area contributed by atoms with Gasteiger partial charge < -0.3 is 16.0 Å². The molecule has 3 N–H and O–H groups in total. The lowest BCUT2D eigenvalue weighted by molar-refractivity contribution is 0.102. The number of carbonyl (C=O) groups is 1. The quantitative estimate of drug-likeness (QED) is 0.770. The molecule has 2 fully saturated rings. The highest BCUT2D eigenvalue weighted by atomic mass is 32.2. The molecular weight excluding hydrogens is 374 g/mol. The number of sulfone groups is 1. The van der Waals surface area contributed by atoms with Gasteiger partial charge in [0.1, 0.15) is 0 Å². The monoisotopic (exact) mass is 399 g/mol. The third-order valence-corrected chi connectivity index (χ3v) is 7.02. The maximum atomic E-state index is 13.0. The van der Waals surface area contributed by atoms with Crippen molar-refractivity contribution in [1.29, 1.82) is 0 Å². The van der Waals surface area contributed by atoms with Gasteiger partial charge in [-0.2, -0.15) is 0 Å². The van der Waals surface area contributed by atoms with Crippen LogP contribution in [0.3, 0.4) is 0 Å². The van der Waals surface area contributed by atoms with Crippen molar-refractivity contribution in [3.8, 4) is 0 Å². The molecule has 0 radical (unpaired) electrons. The average Bonchev–Trinajstić information content (AvgIpc) is 3.40. The largest absolute Gasteiger partial charge is 0.399 e. The number of nitrogens with zero attached hydrogens (tertiary/aromatic N) is 1. The zero-order valence-corrected chi connectivity index (χ0v) is 16.8. The summed E-state index contributed by atoms with van der Waals surface area (Å²) < 4.78 is 23.5. The highest BCUT2D eigenvalue weighted by molar-refractivity contribution is 7.90. The number of carbonyl (C=O) groups excluding carboxylic acids is 1. The van der Waals surface area contributed by atoms with Crippen LogP contribution < -0.4 is 16.0 Å². The lowest BCUT2D eigenvalue weighted by Gasteiger charge is -2.35. The Morgan fingerprint density at radius 3 is 2.43 bits per heavy atom. The van der Waals surface area contributed by atoms with E-state index in [1.165, 1.54) is 25.0 Å². The molecule has 2 aromatic carbocycles. The molecule has 1 saturated carbocycles. The summed E-state index contributed by atoms with van der Waals surface area (Å²) in [5.74, 6) is -0.271. The molecule has 2 aliphatic rings. The van der Waals surface area contributed by atoms with Gasteiger partial charge in [0.05, 0.1) is 16.1 Å². The summed E-state index contributed by atoms with van der Waals surface area (Å²) in [6.07, 6.45) is 6.09. The predicted octanol–water partition coefficient (Wildman–Crippen LogP) is 3.31. The number of piperidine rings is 1. The first-order valence-corrected chi connectivity index (χ1v) is 11.4. The van der Waals surface area contributed by atoms with E-state index in [1.54, 1.807) is 24.3 Å². The summed E-state index contributed by atoms with van der Waals surface area (Å²) in [6, 6.07) is 11.6. The highest BCUT2D eigenvalue weighted by Crippen LogP contribution is 2.54. The second kappa shape index (κ2) is 6.81. The van der Waals surface area contributed by atoms with Crippen molar-refractivity contribution < 1.29 is 13.2 Å². The normalized spacial score (nSPS) is 18.1. The first kappa shape index (κ1) is 18.8. The van der Waals surface area contributed by atoms with Crippen LogP contribution in [0.4, 0.5) is 17.1 Å². The van der Waals surface area contributed by atoms with E-state index in [-0.39, 0.29) is 10.8 Å². The lowest BCUT2D eigenvalue weighted by atomic mass is 9.93. The Balaban J connectivity index is 1.58. The van der Waals surface area contributed by atoms with Crippen LogP contribution >= 0.6 is 0 Å². The SMILES string of the molecule is CS(=O)(=O)c1cccc(NC(=O)c2ccc(N)cc2N2CCC3(CC2)CC3)c1. The van der Waals surface area contributed by atoms with Gasteiger partial charge in [0.15, 0.2) is 9.84 Å². The molecule has 0 bridgehead atoms. The molecule has 1 spiro atoms. The fourth-order valence-corrected chi connectivity index (χ4v) is 4.57. The Labute approximate surface area is 165 Å². The topological polar surface area (TPSA) is 92.5 Å². The zero-order chi connectivity index (χ0) is 19.9. The maximum absolute atomic E-state index is 13.0. The number of hydrogen-bond acceptors (Lipinski definition) is 5. The van der Waals surface area contributed by atoms with Gasteiger partial charge in [-0.25, -0.2) is 8.42 Å². The van der Waals surface area contributed by atoms with Crippen LogP contribution in [0.15, 0.2) is 47.4 Å². The number of hydrogen-bond donors (Lipinski definition) is 2. The Bertz CT molecular complexity index is 1020. The summed E-state index contributed by atoms with van der Waals surface area (Å²) in [5.41, 5.74) is 9.00. The first-order valence-electron chi connectivity index (χ1n) is 9.52. The third-order valence-electron chi connectivity index (χ3n) is 5.91. The van der Waals surface area contributed by atoms with Gasteiger partial charge in [-0.1, -0.05) is 6.07 Å². The fourth-order valence-electron chi connectivity index (χ4n) is 3.90. The molecule has 148 valence electrons. The minimum atomic E-state index is -3.34. The van der Waals surface area contributed by atoms with Crippen molar-refractivity contribution in [3.05, 3.63) is 48.0 Å². The molecule has 0 unspecified atom stereocenters. The molecule has 1 aliphatic carbocycles. The van der Waals surface area contributed by atoms with Crippen molar-refractivity contribution in [2.24, 2.45) is 5.41 Å². The Kier molecular flexibility index (Phi) is 4.57. The van der Waals surface area contributed by atoms with E-state index in [0.717, 1.165) is 37.9 Å². The third kappa shape index (κ3) is 3.85. The molecule has 6 nitrogen and oxygen atoms in total. The second-order valence-corrected chi connectivity index (χ2v) is 10.0. The number of amides is 1. The predicted molar refractivity (Wildman–Crippen MR) is 111 cm³/mol. The number of nitrogen functional groups attached to an aromatic ring is 1. The van der Waals surface area contributed by atoms with Gasteiger partial charge in [0.25, 0.3) is 5.91 Å². The molecule has 7 heteroatoms. The van der Waals surface area contributed by atoms with Gasteiger partial charge in [-0.3, -0.25) is 4.79 Å². The van der Waals surface area contributed by atoms with Gasteiger partial charge >= 0.3 is 0 Å². The number of nitrogens with one attached hydrogen (secondary N) is 1. The van der Waals surface area contributed by atoms with Gasteiger partial charge in [-0.15, -0.1) is 0 Å². The van der Waals surface area contributed by atoms with Crippen LogP contribution in [0.25, 0.3) is 0 Å². The standard InChI is InChI=1S/C21H25N3O3S/c1-28(26,27)17-4-2-3-16(14-17)23-20(25)18-6-5-15(22)13-19(18)24-11-9-21(7-8-21)10-12-24/h2-6,13-14H,7-12,22H2,1H3,(H,23,25). The van der Waals surface area contributed by atoms with Crippen molar-refractivity contribution in [2.75, 3.05) is 35.3 Å². The van der Waals surface area contributed by atoms with Crippen LogP contribution in [-0.2, 0) is 9.84 Å². The number of anilines is 3. The van der Waals surface area contributed by atoms with Crippen molar-refractivity contribution in [2.45, 2.75) is 30.6 Å². The fraction of sp³-hybridized carbons (Fsp3) is 0.381. The Morgan fingerprint density at radius 1 is 1.07 bits per heavy atom. The summed E-state index contributed by atoms with van der Waals surface area (Å²) in [5, 5.41) is 2.83. The van der Waals surface area contributed by atoms with Crippen LogP contribution in [0, 0.1) is 5.41 Å². The Hall–Kier alpha value is -2.54. The second-order valence-electron chi connectivity index (χ2n) is 8.02. The minimum absolute atomic E-state index is 0.175. The van der Waals surface area contributed by atoms with Crippen LogP contribution in [0.5, 0.6) is 0 Å². The van der Waals surface area contributed by atoms with E-state index in [9.17, 15) is 13.2 Å². The maximum Gasteiger partial charge on any atom is 0.257 e. The molecule has 0 atom stereocenters. The zero-order valence-electron chi connectivity index (χ0n) is 15.9. The molecule has 1 amide bonds. The minimum Gasteiger partial charge on any atom is -0.399 e. The first-order chi connectivity index (χ1) is 13.3. The van der Waals surface area contributed by atoms with Gasteiger partial charge in [0.2, 0.25) is 0 Å². The van der Waals surface area contributed by atoms with Crippen LogP contribution in [0.2, 0.25) is 0 Å². The number of nitrogens with two attached hydrogens (primary N) is 1. The molecule has 0 aromatic heterocycles. The highest BCUT2D eigenvalue weighted by Gasteiger charge is 2.44. The van der Waals surface area contributed by atoms with Crippen molar-refractivity contribution in [1.82, 2.24) is 0 Å². The van der Waals surface area contributed by atoms with Gasteiger partial charge in [0, 0.05) is 30.7 Å². The molecule has 28 heavy (non-hydrogen) atoms. The summed E-state index contributed by atoms with van der Waals surface area (Å²) in [6.45, 7) is 1.85. The van der Waals surface area contributed by atoms with E-state index in [4.69, 9.17) is 5.73 Å². The van der Waals surface area contributed by atoms with E-state index in [1.807, 2.05) is 6.07 Å². The van der Waals surface area contributed by atoms with Crippen LogP contribution in [-0.4, -0.2) is 33.7 Å². The van der Waals surface area contributed by atoms with Gasteiger partial charge in [-0.05, 0) is 67.5 Å². The van der Waals surface area contributed by atoms with Crippen molar-refractivity contribution in [3.63, 3.8) is 0 Å². The van der Waals surface area contributed by atoms with E-state index < -0.39 is 9.84 Å². The average molecular weight is 400 g/mol. The molecule has 1 saturated heterocycles. The summed E-state index contributed by atoms with van der Waals surface area (Å²) >= 11 is 0. The molecule has 1 heterocycles. The summed E-state index contributed by atoms with van der Waals surface area (Å²) in [4.78, 5) is 15.4. The number of benzene rings is 2. The van der Waals surface area contributed by atoms with E-state index in [0.29, 0.717) is 22.4 Å². The Morgan fingerprint density at radius 2 is 1.79 bits per heavy atom. The molecular formula is C21H25N3O3S. The summed E-state index contributed by atoms with van der Waals surface area (Å²) in [7, 11) is -3.34. The lowest BCUT2D eigenvalue weighted by Crippen LogP contribution is -2.35. The molecule has 4 rings (SSSR count).